The molecule has 2 saturated heterocycles. The molecule has 10 nitrogen and oxygen atoms in total. The van der Waals surface area contributed by atoms with E-state index in [1.54, 1.807) is 55.7 Å². The average molecular weight is 692 g/mol. The highest BCUT2D eigenvalue weighted by Gasteiger charge is 2.34. The van der Waals surface area contributed by atoms with Crippen LogP contribution in [0.15, 0.2) is 69.6 Å². The van der Waals surface area contributed by atoms with Crippen LogP contribution in [0.4, 0.5) is 0 Å². The van der Waals surface area contributed by atoms with E-state index in [1.807, 2.05) is 29.2 Å². The molecule has 0 radical (unpaired) electrons. The molecule has 254 valence electrons. The van der Waals surface area contributed by atoms with E-state index in [0.717, 1.165) is 63.2 Å². The Kier molecular flexibility index (Phi) is 10.5. The third-order valence-electron chi connectivity index (χ3n) is 9.18. The molecule has 1 aromatic heterocycles. The summed E-state index contributed by atoms with van der Waals surface area (Å²) in [6.45, 7) is 11.2. The summed E-state index contributed by atoms with van der Waals surface area (Å²) in [5, 5.41) is 0.552. The lowest BCUT2D eigenvalue weighted by Gasteiger charge is -2.42. The first-order valence-electron chi connectivity index (χ1n) is 16.5. The molecule has 1 atom stereocenters. The minimum Gasteiger partial charge on any atom is -0.484 e. The van der Waals surface area contributed by atoms with Crippen molar-refractivity contribution in [2.75, 3.05) is 52.9 Å². The first kappa shape index (κ1) is 34.1. The Morgan fingerprint density at radius 3 is 2.31 bits per heavy atom. The monoisotopic (exact) mass is 691 g/mol. The predicted octanol–water partition coefficient (Wildman–Crippen LogP) is 3.46. The third-order valence-corrected chi connectivity index (χ3v) is 10.4. The smallest absolute Gasteiger partial charge is 0.338 e. The number of carbonyl (C=O) groups excluding carboxylic acids is 2. The largest absolute Gasteiger partial charge is 0.484 e. The molecule has 3 aliphatic heterocycles. The fraction of sp³-hybridized carbons (Fsp3) is 0.444. The van der Waals surface area contributed by atoms with Gasteiger partial charge in [-0.1, -0.05) is 47.2 Å². The van der Waals surface area contributed by atoms with Gasteiger partial charge >= 0.3 is 5.97 Å². The van der Waals surface area contributed by atoms with Gasteiger partial charge in [0.05, 0.1) is 27.9 Å². The summed E-state index contributed by atoms with van der Waals surface area (Å²) < 4.78 is 13.5. The summed E-state index contributed by atoms with van der Waals surface area (Å²) in [6, 6.07) is 14.3. The Balaban J connectivity index is 1.14. The van der Waals surface area contributed by atoms with E-state index in [-0.39, 0.29) is 24.2 Å². The van der Waals surface area contributed by atoms with Crippen molar-refractivity contribution in [2.45, 2.75) is 51.8 Å². The number of halogens is 1. The second-order valence-electron chi connectivity index (χ2n) is 12.9. The van der Waals surface area contributed by atoms with Crippen molar-refractivity contribution in [1.29, 1.82) is 0 Å². The molecule has 4 heterocycles. The number of amides is 1. The maximum absolute atomic E-state index is 13.9. The van der Waals surface area contributed by atoms with Crippen LogP contribution in [0.2, 0.25) is 5.02 Å². The number of benzene rings is 2. The van der Waals surface area contributed by atoms with Crippen molar-refractivity contribution >= 4 is 40.9 Å². The van der Waals surface area contributed by atoms with Gasteiger partial charge in [0.1, 0.15) is 5.75 Å². The van der Waals surface area contributed by atoms with E-state index in [4.69, 9.17) is 21.1 Å². The first-order chi connectivity index (χ1) is 23.1. The van der Waals surface area contributed by atoms with Crippen molar-refractivity contribution in [2.24, 2.45) is 4.99 Å². The van der Waals surface area contributed by atoms with Crippen LogP contribution in [0.1, 0.15) is 50.8 Å². The number of thiazole rings is 1. The number of nitrogens with zero attached hydrogens (tertiary/aromatic N) is 5. The Bertz CT molecular complexity index is 1850. The number of piperazine rings is 1. The zero-order valence-corrected chi connectivity index (χ0v) is 29.4. The van der Waals surface area contributed by atoms with Gasteiger partial charge < -0.3 is 19.3 Å². The number of likely N-dealkylation sites (N-methyl/N-ethyl adjacent to an activating group) is 1. The van der Waals surface area contributed by atoms with Crippen LogP contribution in [0.5, 0.6) is 5.75 Å². The van der Waals surface area contributed by atoms with Gasteiger partial charge in [-0.25, -0.2) is 9.79 Å². The van der Waals surface area contributed by atoms with Gasteiger partial charge in [-0.2, -0.15) is 0 Å². The fourth-order valence-electron chi connectivity index (χ4n) is 6.54. The molecule has 2 aromatic carbocycles. The number of piperidine rings is 1. The number of hydrogen-bond acceptors (Lipinski definition) is 9. The van der Waals surface area contributed by atoms with E-state index >= 15 is 0 Å². The number of hydrogen-bond donors (Lipinski definition) is 0. The van der Waals surface area contributed by atoms with Crippen molar-refractivity contribution < 1.29 is 19.1 Å². The van der Waals surface area contributed by atoms with Crippen molar-refractivity contribution in [1.82, 2.24) is 19.3 Å². The molecule has 0 spiro atoms. The molecule has 6 rings (SSSR count). The summed E-state index contributed by atoms with van der Waals surface area (Å²) in [5.41, 5.74) is 2.09. The predicted molar refractivity (Wildman–Crippen MR) is 187 cm³/mol. The molecule has 0 aliphatic carbocycles. The maximum Gasteiger partial charge on any atom is 0.338 e. The zero-order chi connectivity index (χ0) is 33.9. The van der Waals surface area contributed by atoms with Crippen molar-refractivity contribution in [3.8, 4) is 5.75 Å². The average Bonchev–Trinajstić information content (AvgIpc) is 3.37. The number of likely N-dealkylation sites (tertiary alicyclic amines) is 1. The van der Waals surface area contributed by atoms with Gasteiger partial charge in [-0.15, -0.1) is 0 Å². The quantitative estimate of drug-likeness (QED) is 0.334. The Hall–Kier alpha value is -3.77. The van der Waals surface area contributed by atoms with E-state index < -0.39 is 12.0 Å². The summed E-state index contributed by atoms with van der Waals surface area (Å²) in [5.74, 6) is 0.0739. The number of ether oxygens (including phenoxy) is 2. The van der Waals surface area contributed by atoms with Crippen molar-refractivity contribution in [3.63, 3.8) is 0 Å². The number of rotatable bonds is 8. The SMILES string of the molecule is CC1=C(C(=O)OC(C)C)C(c2ccc(Cl)cc2)n2c(s/c(=C\c3ccc(OCC(=O)N4CCC(N5CCN(C)CC5)CC4)cc3)c2=O)=N1. The summed E-state index contributed by atoms with van der Waals surface area (Å²) in [7, 11) is 2.17. The zero-order valence-electron chi connectivity index (χ0n) is 27.9. The Labute approximate surface area is 289 Å². The third kappa shape index (κ3) is 7.59. The van der Waals surface area contributed by atoms with Crippen LogP contribution in [-0.2, 0) is 14.3 Å². The lowest BCUT2D eigenvalue weighted by atomic mass is 9.96. The molecule has 1 unspecified atom stereocenters. The summed E-state index contributed by atoms with van der Waals surface area (Å²) in [4.78, 5) is 52.1. The highest BCUT2D eigenvalue weighted by Crippen LogP contribution is 2.31. The van der Waals surface area contributed by atoms with E-state index in [2.05, 4.69) is 21.8 Å². The topological polar surface area (TPSA) is 96.7 Å². The van der Waals surface area contributed by atoms with E-state index in [9.17, 15) is 14.4 Å². The van der Waals surface area contributed by atoms with Crippen molar-refractivity contribution in [3.05, 3.63) is 95.6 Å². The number of aromatic nitrogens is 1. The number of carbonyl (C=O) groups is 2. The number of allylic oxidation sites excluding steroid dienone is 1. The molecule has 0 bridgehead atoms. The van der Waals surface area contributed by atoms with Gasteiger partial charge in [0.15, 0.2) is 11.4 Å². The highest BCUT2D eigenvalue weighted by molar-refractivity contribution is 7.07. The minimum atomic E-state index is -0.710. The van der Waals surface area contributed by atoms with Crippen LogP contribution in [-0.4, -0.2) is 96.2 Å². The summed E-state index contributed by atoms with van der Waals surface area (Å²) >= 11 is 7.43. The summed E-state index contributed by atoms with van der Waals surface area (Å²) in [6.07, 6.45) is 3.47. The van der Waals surface area contributed by atoms with Crippen LogP contribution < -0.4 is 19.6 Å². The van der Waals surface area contributed by atoms with Gasteiger partial charge in [0.25, 0.3) is 11.5 Å². The minimum absolute atomic E-state index is 0.000747. The van der Waals surface area contributed by atoms with E-state index in [1.165, 1.54) is 11.3 Å². The van der Waals surface area contributed by atoms with Gasteiger partial charge in [-0.3, -0.25) is 19.1 Å². The van der Waals surface area contributed by atoms with Crippen LogP contribution >= 0.6 is 22.9 Å². The molecule has 0 N–H and O–H groups in total. The second-order valence-corrected chi connectivity index (χ2v) is 14.3. The second kappa shape index (κ2) is 14.8. The highest BCUT2D eigenvalue weighted by atomic mass is 35.5. The fourth-order valence-corrected chi connectivity index (χ4v) is 7.71. The molecule has 3 aliphatic rings. The normalized spacial score (nSPS) is 19.8. The van der Waals surface area contributed by atoms with Crippen LogP contribution in [0.3, 0.4) is 0 Å². The molecule has 1 amide bonds. The molecular weight excluding hydrogens is 650 g/mol. The lowest BCUT2D eigenvalue weighted by Crippen LogP contribution is -2.53. The van der Waals surface area contributed by atoms with Gasteiger partial charge in [0, 0.05) is 50.3 Å². The molecule has 0 saturated carbocycles. The molecular formula is C36H42ClN5O5S. The number of fused-ring (bicyclic) bond motifs is 1. The molecule has 48 heavy (non-hydrogen) atoms. The molecule has 2 fully saturated rings. The van der Waals surface area contributed by atoms with Gasteiger partial charge in [-0.05, 0) is 82.1 Å². The lowest BCUT2D eigenvalue weighted by molar-refractivity contribution is -0.143. The maximum atomic E-state index is 13.9. The van der Waals surface area contributed by atoms with Crippen LogP contribution in [0.25, 0.3) is 6.08 Å². The number of esters is 1. The molecule has 12 heteroatoms. The van der Waals surface area contributed by atoms with E-state index in [0.29, 0.717) is 37.4 Å². The Morgan fingerprint density at radius 1 is 1.00 bits per heavy atom. The van der Waals surface area contributed by atoms with Gasteiger partial charge in [0.2, 0.25) is 0 Å². The first-order valence-corrected chi connectivity index (χ1v) is 17.7. The molecule has 3 aromatic rings. The Morgan fingerprint density at radius 2 is 1.67 bits per heavy atom. The standard InChI is InChI=1S/C36H42ClN5O5S/c1-23(2)47-35(45)32-24(3)38-36-42(33(32)26-7-9-27(37)10-8-26)34(44)30(48-36)21-25-5-11-29(12-6-25)46-22-31(43)41-15-13-28(14-16-41)40-19-17-39(4)18-20-40/h5-12,21,23,28,33H,13-20,22H2,1-4H3/b30-21-. The van der Waals surface area contributed by atoms with Crippen LogP contribution in [0, 0.1) is 0 Å².